The van der Waals surface area contributed by atoms with E-state index in [0.29, 0.717) is 0 Å². The normalized spacial score (nSPS) is 11.0. The highest BCUT2D eigenvalue weighted by Crippen LogP contribution is 2.22. The Morgan fingerprint density at radius 2 is 1.67 bits per heavy atom. The van der Waals surface area contributed by atoms with E-state index < -0.39 is 0 Å². The maximum atomic E-state index is 6.10. The Morgan fingerprint density at radius 3 is 2.43 bits per heavy atom. The van der Waals surface area contributed by atoms with E-state index in [1.807, 2.05) is 39.0 Å². The van der Waals surface area contributed by atoms with Crippen LogP contribution in [0.25, 0.3) is 10.9 Å². The van der Waals surface area contributed by atoms with Gasteiger partial charge in [0.25, 0.3) is 0 Å². The molecule has 0 bridgehead atoms. The summed E-state index contributed by atoms with van der Waals surface area (Å²) in [6.07, 6.45) is 0.771. The predicted octanol–water partition coefficient (Wildman–Crippen LogP) is 3.12. The molecule has 4 nitrogen and oxygen atoms in total. The topological polar surface area (TPSA) is 64.7 Å². The number of aryl methyl sites for hydroxylation is 3. The zero-order valence-corrected chi connectivity index (χ0v) is 12.5. The van der Waals surface area contributed by atoms with Crippen LogP contribution in [0.2, 0.25) is 0 Å². The summed E-state index contributed by atoms with van der Waals surface area (Å²) in [4.78, 5) is 13.3. The molecule has 2 aromatic heterocycles. The Hall–Kier alpha value is -2.49. The van der Waals surface area contributed by atoms with Crippen molar-refractivity contribution in [2.75, 3.05) is 5.73 Å². The number of aromatic nitrogens is 3. The molecule has 0 fully saturated rings. The summed E-state index contributed by atoms with van der Waals surface area (Å²) in [7, 11) is 0. The molecular formula is C17H18N4. The largest absolute Gasteiger partial charge is 0.398 e. The molecule has 2 heterocycles. The van der Waals surface area contributed by atoms with Gasteiger partial charge in [0.05, 0.1) is 5.52 Å². The van der Waals surface area contributed by atoms with Gasteiger partial charge >= 0.3 is 0 Å². The summed E-state index contributed by atoms with van der Waals surface area (Å²) >= 11 is 0. The number of nitrogen functional groups attached to an aromatic ring is 1. The molecule has 4 heteroatoms. The van der Waals surface area contributed by atoms with Gasteiger partial charge < -0.3 is 5.73 Å². The van der Waals surface area contributed by atoms with Crippen molar-refractivity contribution < 1.29 is 0 Å². The van der Waals surface area contributed by atoms with Gasteiger partial charge in [-0.1, -0.05) is 6.07 Å². The molecule has 106 valence electrons. The Morgan fingerprint density at radius 1 is 0.905 bits per heavy atom. The number of fused-ring (bicyclic) bond motifs is 1. The van der Waals surface area contributed by atoms with Crippen molar-refractivity contribution in [3.63, 3.8) is 0 Å². The zero-order valence-electron chi connectivity index (χ0n) is 12.5. The minimum atomic E-state index is 0.771. The monoisotopic (exact) mass is 278 g/mol. The third-order valence-electron chi connectivity index (χ3n) is 3.44. The average Bonchev–Trinajstić information content (AvgIpc) is 2.38. The molecule has 0 aliphatic rings. The average molecular weight is 278 g/mol. The second kappa shape index (κ2) is 5.13. The number of nitrogens with two attached hydrogens (primary N) is 1. The van der Waals surface area contributed by atoms with Crippen molar-refractivity contribution in [3.05, 3.63) is 58.8 Å². The van der Waals surface area contributed by atoms with Crippen LogP contribution >= 0.6 is 0 Å². The van der Waals surface area contributed by atoms with Crippen LogP contribution in [0.5, 0.6) is 0 Å². The molecule has 0 aliphatic carbocycles. The summed E-state index contributed by atoms with van der Waals surface area (Å²) in [5.41, 5.74) is 12.0. The van der Waals surface area contributed by atoms with Crippen molar-refractivity contribution in [1.29, 1.82) is 0 Å². The number of benzene rings is 1. The Kier molecular flexibility index (Phi) is 3.29. The lowest BCUT2D eigenvalue weighted by atomic mass is 10.0. The van der Waals surface area contributed by atoms with Crippen molar-refractivity contribution >= 4 is 16.6 Å². The number of anilines is 1. The van der Waals surface area contributed by atoms with E-state index in [0.717, 1.165) is 45.9 Å². The maximum Gasteiger partial charge on any atom is 0.125 e. The van der Waals surface area contributed by atoms with Crippen LogP contribution in [-0.4, -0.2) is 15.0 Å². The van der Waals surface area contributed by atoms with Gasteiger partial charge in [-0.15, -0.1) is 0 Å². The molecule has 1 aromatic carbocycles. The Balaban J connectivity index is 2.01. The lowest BCUT2D eigenvalue weighted by Gasteiger charge is -2.07. The smallest absolute Gasteiger partial charge is 0.125 e. The third-order valence-corrected chi connectivity index (χ3v) is 3.44. The standard InChI is InChI=1S/C17H18N4/c1-10-6-14(21-12(3)19-10)8-13-4-5-17-15(9-13)16(18)7-11(2)20-17/h4-7,9H,8H2,1-3H3,(H2,18,20). The second-order valence-electron chi connectivity index (χ2n) is 5.43. The number of pyridine rings is 1. The van der Waals surface area contributed by atoms with Gasteiger partial charge in [0.15, 0.2) is 0 Å². The van der Waals surface area contributed by atoms with Crippen molar-refractivity contribution in [2.24, 2.45) is 0 Å². The quantitative estimate of drug-likeness (QED) is 0.782. The molecule has 3 rings (SSSR count). The van der Waals surface area contributed by atoms with E-state index in [-0.39, 0.29) is 0 Å². The first kappa shape index (κ1) is 13.5. The van der Waals surface area contributed by atoms with Gasteiger partial charge in [0.1, 0.15) is 5.82 Å². The molecule has 3 aromatic rings. The van der Waals surface area contributed by atoms with Gasteiger partial charge in [0.2, 0.25) is 0 Å². The van der Waals surface area contributed by atoms with Crippen molar-refractivity contribution in [1.82, 2.24) is 15.0 Å². The summed E-state index contributed by atoms with van der Waals surface area (Å²) in [5, 5.41) is 1.00. The van der Waals surface area contributed by atoms with Gasteiger partial charge in [-0.3, -0.25) is 4.98 Å². The first-order valence-corrected chi connectivity index (χ1v) is 6.98. The number of hydrogen-bond acceptors (Lipinski definition) is 4. The van der Waals surface area contributed by atoms with E-state index in [1.165, 1.54) is 5.56 Å². The molecule has 0 atom stereocenters. The highest BCUT2D eigenvalue weighted by atomic mass is 14.9. The molecule has 0 aliphatic heterocycles. The number of rotatable bonds is 2. The van der Waals surface area contributed by atoms with E-state index in [2.05, 4.69) is 27.1 Å². The lowest BCUT2D eigenvalue weighted by molar-refractivity contribution is 0.942. The summed E-state index contributed by atoms with van der Waals surface area (Å²) in [6, 6.07) is 10.1. The third kappa shape index (κ3) is 2.84. The van der Waals surface area contributed by atoms with E-state index in [4.69, 9.17) is 5.73 Å². The van der Waals surface area contributed by atoms with E-state index in [9.17, 15) is 0 Å². The summed E-state index contributed by atoms with van der Waals surface area (Å²) in [6.45, 7) is 5.86. The molecule has 21 heavy (non-hydrogen) atoms. The van der Waals surface area contributed by atoms with Crippen molar-refractivity contribution in [2.45, 2.75) is 27.2 Å². The SMILES string of the molecule is Cc1cc(Cc2ccc3nc(C)cc(N)c3c2)nc(C)n1. The predicted molar refractivity (Wildman–Crippen MR) is 85.2 cm³/mol. The van der Waals surface area contributed by atoms with Gasteiger partial charge in [-0.25, -0.2) is 9.97 Å². The van der Waals surface area contributed by atoms with Crippen LogP contribution in [0.1, 0.15) is 28.5 Å². The number of nitrogens with zero attached hydrogens (tertiary/aromatic N) is 3. The Bertz CT molecular complexity index is 804. The molecule has 0 saturated heterocycles. The fraction of sp³-hybridized carbons (Fsp3) is 0.235. The van der Waals surface area contributed by atoms with Crippen LogP contribution in [-0.2, 0) is 6.42 Å². The highest BCUT2D eigenvalue weighted by Gasteiger charge is 2.05. The van der Waals surface area contributed by atoms with E-state index >= 15 is 0 Å². The highest BCUT2D eigenvalue weighted by molar-refractivity contribution is 5.90. The second-order valence-corrected chi connectivity index (χ2v) is 5.43. The maximum absolute atomic E-state index is 6.10. The molecule has 0 radical (unpaired) electrons. The zero-order chi connectivity index (χ0) is 15.0. The van der Waals surface area contributed by atoms with Gasteiger partial charge in [0, 0.05) is 34.6 Å². The molecular weight excluding hydrogens is 260 g/mol. The van der Waals surface area contributed by atoms with E-state index in [1.54, 1.807) is 0 Å². The van der Waals surface area contributed by atoms with Gasteiger partial charge in [-0.05, 0) is 50.6 Å². The first-order valence-electron chi connectivity index (χ1n) is 6.98. The van der Waals surface area contributed by atoms with Crippen LogP contribution in [0, 0.1) is 20.8 Å². The van der Waals surface area contributed by atoms with Crippen LogP contribution in [0.3, 0.4) is 0 Å². The summed E-state index contributed by atoms with van der Waals surface area (Å²) in [5.74, 6) is 0.808. The summed E-state index contributed by atoms with van der Waals surface area (Å²) < 4.78 is 0. The molecule has 2 N–H and O–H groups in total. The van der Waals surface area contributed by atoms with Crippen LogP contribution in [0.4, 0.5) is 5.69 Å². The Labute approximate surface area is 124 Å². The fourth-order valence-electron chi connectivity index (χ4n) is 2.64. The van der Waals surface area contributed by atoms with Crippen molar-refractivity contribution in [3.8, 4) is 0 Å². The first-order chi connectivity index (χ1) is 10.0. The molecule has 0 unspecified atom stereocenters. The van der Waals surface area contributed by atoms with Gasteiger partial charge in [-0.2, -0.15) is 0 Å². The molecule has 0 amide bonds. The van der Waals surface area contributed by atoms with Crippen LogP contribution < -0.4 is 5.73 Å². The minimum Gasteiger partial charge on any atom is -0.398 e. The lowest BCUT2D eigenvalue weighted by Crippen LogP contribution is -1.99. The fourth-order valence-corrected chi connectivity index (χ4v) is 2.64. The number of hydrogen-bond donors (Lipinski definition) is 1. The molecule has 0 spiro atoms. The van der Waals surface area contributed by atoms with Crippen LogP contribution in [0.15, 0.2) is 30.3 Å². The minimum absolute atomic E-state index is 0.771. The molecule has 0 saturated carbocycles.